The van der Waals surface area contributed by atoms with Crippen molar-refractivity contribution in [2.24, 2.45) is 0 Å². The molecule has 0 unspecified atom stereocenters. The molecule has 0 spiro atoms. The van der Waals surface area contributed by atoms with Crippen molar-refractivity contribution >= 4 is 34.1 Å². The van der Waals surface area contributed by atoms with Gasteiger partial charge in [0.15, 0.2) is 0 Å². The predicted octanol–water partition coefficient (Wildman–Crippen LogP) is 4.42. The number of rotatable bonds is 1. The van der Waals surface area contributed by atoms with Crippen molar-refractivity contribution in [3.8, 4) is 5.75 Å². The van der Waals surface area contributed by atoms with Gasteiger partial charge in [-0.05, 0) is 30.2 Å². The molecule has 1 aliphatic rings. The fourth-order valence-corrected chi connectivity index (χ4v) is 3.76. The Morgan fingerprint density at radius 2 is 1.95 bits per heavy atom. The molecule has 0 radical (unpaired) electrons. The minimum atomic E-state index is -0.146. The van der Waals surface area contributed by atoms with E-state index >= 15 is 0 Å². The van der Waals surface area contributed by atoms with Crippen LogP contribution in [0, 0.1) is 0 Å². The first kappa shape index (κ1) is 13.9. The van der Waals surface area contributed by atoms with Crippen LogP contribution in [0.1, 0.15) is 22.9 Å². The molecule has 0 saturated heterocycles. The SMILES string of the molecule is Oc1c(Cl)cc(Cl)cc1[C@H]1NCCc2c1[nH]c1ccccc21. The van der Waals surface area contributed by atoms with Gasteiger partial charge in [0.1, 0.15) is 5.75 Å². The number of phenolic OH excluding ortho intramolecular Hbond substituents is 1. The Labute approximate surface area is 137 Å². The molecule has 2 heterocycles. The van der Waals surface area contributed by atoms with Crippen LogP contribution in [0.3, 0.4) is 0 Å². The van der Waals surface area contributed by atoms with Crippen molar-refractivity contribution < 1.29 is 5.11 Å². The van der Waals surface area contributed by atoms with Crippen molar-refractivity contribution in [1.29, 1.82) is 0 Å². The van der Waals surface area contributed by atoms with Crippen LogP contribution in [-0.4, -0.2) is 16.6 Å². The maximum atomic E-state index is 10.3. The van der Waals surface area contributed by atoms with Crippen LogP contribution in [0.2, 0.25) is 10.0 Å². The molecular formula is C17H14Cl2N2O. The van der Waals surface area contributed by atoms with Gasteiger partial charge >= 0.3 is 0 Å². The number of halogens is 2. The molecule has 0 aliphatic carbocycles. The number of hydrogen-bond acceptors (Lipinski definition) is 2. The highest BCUT2D eigenvalue weighted by Gasteiger charge is 2.27. The van der Waals surface area contributed by atoms with Gasteiger partial charge in [0.2, 0.25) is 0 Å². The number of benzene rings is 2. The second kappa shape index (κ2) is 5.20. The van der Waals surface area contributed by atoms with E-state index in [1.54, 1.807) is 12.1 Å². The molecule has 0 bridgehead atoms. The van der Waals surface area contributed by atoms with Crippen LogP contribution in [0.4, 0.5) is 0 Å². The van der Waals surface area contributed by atoms with Crippen molar-refractivity contribution in [2.75, 3.05) is 6.54 Å². The smallest absolute Gasteiger partial charge is 0.139 e. The summed E-state index contributed by atoms with van der Waals surface area (Å²) < 4.78 is 0. The standard InChI is InChI=1S/C17H14Cl2N2O/c18-9-7-12(17(22)13(19)8-9)15-16-11(5-6-20-15)10-3-1-2-4-14(10)21-16/h1-4,7-8,15,20-22H,5-6H2/t15-/m1/s1. The van der Waals surface area contributed by atoms with Crippen LogP contribution in [0.15, 0.2) is 36.4 Å². The summed E-state index contributed by atoms with van der Waals surface area (Å²) in [6.07, 6.45) is 0.949. The first-order chi connectivity index (χ1) is 10.6. The van der Waals surface area contributed by atoms with E-state index in [9.17, 15) is 5.11 Å². The maximum Gasteiger partial charge on any atom is 0.139 e. The number of fused-ring (bicyclic) bond motifs is 3. The van der Waals surface area contributed by atoms with Gasteiger partial charge in [-0.3, -0.25) is 0 Å². The van der Waals surface area contributed by atoms with Gasteiger partial charge in [0.25, 0.3) is 0 Å². The Morgan fingerprint density at radius 1 is 1.14 bits per heavy atom. The van der Waals surface area contributed by atoms with E-state index in [1.807, 2.05) is 12.1 Å². The Kier molecular flexibility index (Phi) is 3.30. The third kappa shape index (κ3) is 2.09. The molecule has 1 aromatic heterocycles. The van der Waals surface area contributed by atoms with Gasteiger partial charge in [-0.1, -0.05) is 41.4 Å². The number of para-hydroxylation sites is 1. The number of H-pyrrole nitrogens is 1. The van der Waals surface area contributed by atoms with E-state index in [0.29, 0.717) is 10.6 Å². The lowest BCUT2D eigenvalue weighted by atomic mass is 9.94. The van der Waals surface area contributed by atoms with Crippen molar-refractivity contribution in [2.45, 2.75) is 12.5 Å². The highest BCUT2D eigenvalue weighted by atomic mass is 35.5. The summed E-state index contributed by atoms with van der Waals surface area (Å²) in [6, 6.07) is 11.4. The predicted molar refractivity (Wildman–Crippen MR) is 90.0 cm³/mol. The molecule has 3 nitrogen and oxygen atoms in total. The maximum absolute atomic E-state index is 10.3. The van der Waals surface area contributed by atoms with E-state index in [2.05, 4.69) is 22.4 Å². The fourth-order valence-electron chi connectivity index (χ4n) is 3.25. The summed E-state index contributed by atoms with van der Waals surface area (Å²) in [5.74, 6) is 0.0788. The lowest BCUT2D eigenvalue weighted by Gasteiger charge is -2.26. The Balaban J connectivity index is 1.93. The molecule has 3 aromatic rings. The first-order valence-electron chi connectivity index (χ1n) is 7.16. The molecule has 5 heteroatoms. The Bertz CT molecular complexity index is 872. The minimum absolute atomic E-state index is 0.0788. The van der Waals surface area contributed by atoms with Gasteiger partial charge in [0, 0.05) is 33.7 Å². The van der Waals surface area contributed by atoms with Crippen molar-refractivity contribution in [1.82, 2.24) is 10.3 Å². The molecule has 0 fully saturated rings. The third-order valence-electron chi connectivity index (χ3n) is 4.23. The highest BCUT2D eigenvalue weighted by Crippen LogP contribution is 2.40. The summed E-state index contributed by atoms with van der Waals surface area (Å²) in [6.45, 7) is 0.836. The number of nitrogens with one attached hydrogen (secondary N) is 2. The lowest BCUT2D eigenvalue weighted by Crippen LogP contribution is -2.30. The number of aromatic hydroxyl groups is 1. The zero-order chi connectivity index (χ0) is 15.3. The molecule has 4 rings (SSSR count). The van der Waals surface area contributed by atoms with Crippen molar-refractivity contribution in [3.05, 3.63) is 63.3 Å². The lowest BCUT2D eigenvalue weighted by molar-refractivity contribution is 0.453. The van der Waals surface area contributed by atoms with Crippen LogP contribution < -0.4 is 5.32 Å². The molecule has 0 amide bonds. The summed E-state index contributed by atoms with van der Waals surface area (Å²) in [5.41, 5.74) is 4.16. The third-order valence-corrected chi connectivity index (χ3v) is 4.73. The number of phenols is 1. The van der Waals surface area contributed by atoms with Crippen molar-refractivity contribution in [3.63, 3.8) is 0 Å². The van der Waals surface area contributed by atoms with E-state index in [1.165, 1.54) is 10.9 Å². The first-order valence-corrected chi connectivity index (χ1v) is 7.91. The monoisotopic (exact) mass is 332 g/mol. The van der Waals surface area contributed by atoms with Gasteiger partial charge in [-0.15, -0.1) is 0 Å². The second-order valence-corrected chi connectivity index (χ2v) is 6.37. The highest BCUT2D eigenvalue weighted by molar-refractivity contribution is 6.35. The molecular weight excluding hydrogens is 319 g/mol. The fraction of sp³-hybridized carbons (Fsp3) is 0.176. The topological polar surface area (TPSA) is 48.0 Å². The van der Waals surface area contributed by atoms with E-state index in [4.69, 9.17) is 23.2 Å². The molecule has 2 aromatic carbocycles. The average Bonchev–Trinajstić information content (AvgIpc) is 2.89. The van der Waals surface area contributed by atoms with Gasteiger partial charge in [0.05, 0.1) is 11.1 Å². The van der Waals surface area contributed by atoms with E-state index in [0.717, 1.165) is 24.2 Å². The zero-order valence-electron chi connectivity index (χ0n) is 11.7. The average molecular weight is 333 g/mol. The summed E-state index contributed by atoms with van der Waals surface area (Å²) in [4.78, 5) is 3.47. The normalized spacial score (nSPS) is 17.6. The number of aromatic nitrogens is 1. The van der Waals surface area contributed by atoms with E-state index in [-0.39, 0.29) is 16.8 Å². The van der Waals surface area contributed by atoms with Crippen LogP contribution in [-0.2, 0) is 6.42 Å². The minimum Gasteiger partial charge on any atom is -0.506 e. The summed E-state index contributed by atoms with van der Waals surface area (Å²) >= 11 is 12.2. The quantitative estimate of drug-likeness (QED) is 0.618. The number of aromatic amines is 1. The summed E-state index contributed by atoms with van der Waals surface area (Å²) in [5, 5.41) is 15.8. The van der Waals surface area contributed by atoms with Crippen LogP contribution in [0.5, 0.6) is 5.75 Å². The molecule has 1 aliphatic heterocycles. The Hall–Kier alpha value is -1.68. The largest absolute Gasteiger partial charge is 0.506 e. The molecule has 3 N–H and O–H groups in total. The molecule has 112 valence electrons. The Morgan fingerprint density at radius 3 is 2.82 bits per heavy atom. The zero-order valence-corrected chi connectivity index (χ0v) is 13.2. The van der Waals surface area contributed by atoms with Crippen LogP contribution in [0.25, 0.3) is 10.9 Å². The second-order valence-electron chi connectivity index (χ2n) is 5.53. The van der Waals surface area contributed by atoms with Gasteiger partial charge in [-0.25, -0.2) is 0 Å². The van der Waals surface area contributed by atoms with E-state index < -0.39 is 0 Å². The van der Waals surface area contributed by atoms with Crippen LogP contribution >= 0.6 is 23.2 Å². The number of hydrogen-bond donors (Lipinski definition) is 3. The molecule has 0 saturated carbocycles. The molecule has 22 heavy (non-hydrogen) atoms. The van der Waals surface area contributed by atoms with Gasteiger partial charge in [-0.2, -0.15) is 0 Å². The summed E-state index contributed by atoms with van der Waals surface area (Å²) in [7, 11) is 0. The van der Waals surface area contributed by atoms with Gasteiger partial charge < -0.3 is 15.4 Å². The molecule has 1 atom stereocenters.